The van der Waals surface area contributed by atoms with Crippen molar-refractivity contribution in [2.24, 2.45) is 5.92 Å². The van der Waals surface area contributed by atoms with Gasteiger partial charge in [0.2, 0.25) is 0 Å². The molecule has 2 rings (SSSR count). The summed E-state index contributed by atoms with van der Waals surface area (Å²) in [4.78, 5) is 37.7. The van der Waals surface area contributed by atoms with Gasteiger partial charge in [0.15, 0.2) is 0 Å². The lowest BCUT2D eigenvalue weighted by Crippen LogP contribution is -2.47. The Kier molecular flexibility index (Phi) is 8.29. The van der Waals surface area contributed by atoms with Gasteiger partial charge in [0.25, 0.3) is 11.8 Å². The number of hydrogen-bond acceptors (Lipinski definition) is 4. The van der Waals surface area contributed by atoms with Gasteiger partial charge in [0, 0.05) is 11.1 Å². The summed E-state index contributed by atoms with van der Waals surface area (Å²) >= 11 is 0. The zero-order valence-electron chi connectivity index (χ0n) is 17.1. The highest BCUT2D eigenvalue weighted by atomic mass is 19.1. The van der Waals surface area contributed by atoms with Crippen molar-refractivity contribution in [3.05, 3.63) is 77.2 Å². The van der Waals surface area contributed by atoms with Crippen molar-refractivity contribution in [3.8, 4) is 0 Å². The highest BCUT2D eigenvalue weighted by molar-refractivity contribution is 6.06. The third-order valence-electron chi connectivity index (χ3n) is 4.23. The first-order chi connectivity index (χ1) is 14.3. The van der Waals surface area contributed by atoms with Crippen LogP contribution in [0.5, 0.6) is 0 Å². The van der Waals surface area contributed by atoms with Crippen molar-refractivity contribution in [1.29, 1.82) is 0 Å². The Morgan fingerprint density at radius 1 is 1.03 bits per heavy atom. The van der Waals surface area contributed by atoms with Crippen molar-refractivity contribution in [2.45, 2.75) is 26.8 Å². The molecule has 7 heteroatoms. The van der Waals surface area contributed by atoms with E-state index in [-0.39, 0.29) is 23.8 Å². The molecule has 0 spiro atoms. The molecule has 0 aliphatic rings. The van der Waals surface area contributed by atoms with E-state index in [4.69, 9.17) is 4.74 Å². The zero-order chi connectivity index (χ0) is 22.1. The number of halogens is 1. The first kappa shape index (κ1) is 22.8. The first-order valence-electron chi connectivity index (χ1n) is 9.63. The highest BCUT2D eigenvalue weighted by Crippen LogP contribution is 2.13. The summed E-state index contributed by atoms with van der Waals surface area (Å²) in [6.07, 6.45) is 1.23. The van der Waals surface area contributed by atoms with Gasteiger partial charge in [-0.2, -0.15) is 0 Å². The SMILES string of the molecule is CCOC(=O)C(NC(=O)/C(=C/c1ccccc1F)NC(=O)c1ccccc1)C(C)C. The Bertz CT molecular complexity index is 926. The second-order valence-corrected chi connectivity index (χ2v) is 6.85. The maximum atomic E-state index is 14.1. The van der Waals surface area contributed by atoms with Gasteiger partial charge in [0.05, 0.1) is 6.61 Å². The minimum Gasteiger partial charge on any atom is -0.464 e. The third-order valence-corrected chi connectivity index (χ3v) is 4.23. The van der Waals surface area contributed by atoms with E-state index in [2.05, 4.69) is 10.6 Å². The van der Waals surface area contributed by atoms with Crippen LogP contribution in [0, 0.1) is 11.7 Å². The number of rotatable bonds is 8. The Labute approximate surface area is 175 Å². The number of carbonyl (C=O) groups is 3. The smallest absolute Gasteiger partial charge is 0.328 e. The minimum absolute atomic E-state index is 0.119. The number of nitrogens with one attached hydrogen (secondary N) is 2. The Hall–Kier alpha value is -3.48. The number of benzene rings is 2. The van der Waals surface area contributed by atoms with Crippen molar-refractivity contribution in [3.63, 3.8) is 0 Å². The van der Waals surface area contributed by atoms with Gasteiger partial charge in [-0.3, -0.25) is 9.59 Å². The van der Waals surface area contributed by atoms with Crippen molar-refractivity contribution < 1.29 is 23.5 Å². The van der Waals surface area contributed by atoms with E-state index in [1.54, 1.807) is 57.2 Å². The molecule has 0 heterocycles. The molecule has 0 aliphatic heterocycles. The number of ether oxygens (including phenoxy) is 1. The number of amides is 2. The van der Waals surface area contributed by atoms with Crippen LogP contribution in [0.15, 0.2) is 60.3 Å². The van der Waals surface area contributed by atoms with Crippen LogP contribution in [-0.4, -0.2) is 30.4 Å². The van der Waals surface area contributed by atoms with Crippen LogP contribution in [-0.2, 0) is 14.3 Å². The van der Waals surface area contributed by atoms with E-state index in [9.17, 15) is 18.8 Å². The average Bonchev–Trinajstić information content (AvgIpc) is 2.73. The zero-order valence-corrected chi connectivity index (χ0v) is 17.1. The minimum atomic E-state index is -0.921. The van der Waals surface area contributed by atoms with E-state index < -0.39 is 29.6 Å². The molecule has 0 radical (unpaired) electrons. The molecule has 1 atom stereocenters. The van der Waals surface area contributed by atoms with E-state index in [1.165, 1.54) is 24.3 Å². The quantitative estimate of drug-likeness (QED) is 0.515. The van der Waals surface area contributed by atoms with Crippen molar-refractivity contribution in [2.75, 3.05) is 6.61 Å². The van der Waals surface area contributed by atoms with Gasteiger partial charge in [0.1, 0.15) is 17.6 Å². The molecule has 2 aromatic carbocycles. The molecule has 2 N–H and O–H groups in total. The van der Waals surface area contributed by atoms with Crippen molar-refractivity contribution in [1.82, 2.24) is 10.6 Å². The third kappa shape index (κ3) is 6.27. The summed E-state index contributed by atoms with van der Waals surface area (Å²) in [5, 5.41) is 5.09. The molecule has 0 aromatic heterocycles. The van der Waals surface area contributed by atoms with Crippen LogP contribution in [0.4, 0.5) is 4.39 Å². The second-order valence-electron chi connectivity index (χ2n) is 6.85. The maximum Gasteiger partial charge on any atom is 0.328 e. The molecule has 30 heavy (non-hydrogen) atoms. The summed E-state index contributed by atoms with van der Waals surface area (Å²) in [7, 11) is 0. The average molecular weight is 412 g/mol. The van der Waals surface area contributed by atoms with E-state index in [1.807, 2.05) is 0 Å². The van der Waals surface area contributed by atoms with E-state index in [0.29, 0.717) is 5.56 Å². The van der Waals surface area contributed by atoms with Gasteiger partial charge in [-0.1, -0.05) is 50.2 Å². The fourth-order valence-electron chi connectivity index (χ4n) is 2.64. The van der Waals surface area contributed by atoms with E-state index in [0.717, 1.165) is 0 Å². The fourth-order valence-corrected chi connectivity index (χ4v) is 2.64. The molecule has 6 nitrogen and oxygen atoms in total. The van der Waals surface area contributed by atoms with Crippen LogP contribution in [0.3, 0.4) is 0 Å². The van der Waals surface area contributed by atoms with Crippen LogP contribution >= 0.6 is 0 Å². The maximum absolute atomic E-state index is 14.1. The predicted molar refractivity (Wildman–Crippen MR) is 112 cm³/mol. The van der Waals surface area contributed by atoms with Crippen LogP contribution < -0.4 is 10.6 Å². The Morgan fingerprint density at radius 3 is 2.27 bits per heavy atom. The van der Waals surface area contributed by atoms with Gasteiger partial charge in [-0.25, -0.2) is 9.18 Å². The summed E-state index contributed by atoms with van der Waals surface area (Å²) in [5.41, 5.74) is 0.257. The molecule has 1 unspecified atom stereocenters. The summed E-state index contributed by atoms with van der Waals surface area (Å²) < 4.78 is 19.1. The normalized spacial score (nSPS) is 12.2. The number of carbonyl (C=O) groups excluding carboxylic acids is 3. The van der Waals surface area contributed by atoms with Gasteiger partial charge in [-0.15, -0.1) is 0 Å². The summed E-state index contributed by atoms with van der Waals surface area (Å²) in [6, 6.07) is 13.2. The second kappa shape index (κ2) is 10.9. The Morgan fingerprint density at radius 2 is 1.67 bits per heavy atom. The molecule has 0 fully saturated rings. The highest BCUT2D eigenvalue weighted by Gasteiger charge is 2.27. The van der Waals surface area contributed by atoms with Gasteiger partial charge >= 0.3 is 5.97 Å². The lowest BCUT2D eigenvalue weighted by Gasteiger charge is -2.21. The molecule has 0 aliphatic carbocycles. The molecule has 2 amide bonds. The number of hydrogen-bond donors (Lipinski definition) is 2. The van der Waals surface area contributed by atoms with Crippen LogP contribution in [0.25, 0.3) is 6.08 Å². The van der Waals surface area contributed by atoms with Crippen molar-refractivity contribution >= 4 is 23.9 Å². The molecular weight excluding hydrogens is 387 g/mol. The van der Waals surface area contributed by atoms with Crippen LogP contribution in [0.1, 0.15) is 36.7 Å². The summed E-state index contributed by atoms with van der Waals surface area (Å²) in [5.74, 6) is -2.66. The molecule has 0 bridgehead atoms. The van der Waals surface area contributed by atoms with E-state index >= 15 is 0 Å². The largest absolute Gasteiger partial charge is 0.464 e. The monoisotopic (exact) mass is 412 g/mol. The molecule has 0 saturated heterocycles. The van der Waals surface area contributed by atoms with Crippen LogP contribution in [0.2, 0.25) is 0 Å². The fraction of sp³-hybridized carbons (Fsp3) is 0.261. The lowest BCUT2D eigenvalue weighted by atomic mass is 10.0. The standard InChI is InChI=1S/C23H25FN2O4/c1-4-30-23(29)20(15(2)3)26-22(28)19(14-17-12-8-9-13-18(17)24)25-21(27)16-10-6-5-7-11-16/h5-15,20H,4H2,1-3H3,(H,25,27)(H,26,28)/b19-14-. The molecule has 158 valence electrons. The first-order valence-corrected chi connectivity index (χ1v) is 9.63. The Balaban J connectivity index is 2.34. The molecule has 0 saturated carbocycles. The lowest BCUT2D eigenvalue weighted by molar-refractivity contribution is -0.148. The summed E-state index contributed by atoms with van der Waals surface area (Å²) in [6.45, 7) is 5.34. The van der Waals surface area contributed by atoms with Gasteiger partial charge in [-0.05, 0) is 37.1 Å². The predicted octanol–water partition coefficient (Wildman–Crippen LogP) is 3.30. The topological polar surface area (TPSA) is 84.5 Å². The van der Waals surface area contributed by atoms with Gasteiger partial charge < -0.3 is 15.4 Å². The molecular formula is C23H25FN2O4. The number of esters is 1. The molecule has 2 aromatic rings.